The Morgan fingerprint density at radius 1 is 0.821 bits per heavy atom. The molecule has 8 N–H and O–H groups in total. The number of amides is 3. The first kappa shape index (κ1) is 31.3. The highest BCUT2D eigenvalue weighted by Crippen LogP contribution is 2.20. The molecular weight excluding hydrogens is 506 g/mol. The molecule has 1 heterocycles. The van der Waals surface area contributed by atoms with Crippen LogP contribution >= 0.6 is 0 Å². The Morgan fingerprint density at radius 2 is 1.36 bits per heavy atom. The number of hydrogen-bond donors (Lipinski definition) is 7. The number of carboxylic acid groups (broad SMARTS) is 2. The van der Waals surface area contributed by atoms with Gasteiger partial charge in [0.25, 0.3) is 0 Å². The van der Waals surface area contributed by atoms with Gasteiger partial charge in [-0.2, -0.15) is 0 Å². The topological polar surface area (TPSA) is 204 Å². The third-order valence-electron chi connectivity index (χ3n) is 6.13. The highest BCUT2D eigenvalue weighted by molar-refractivity contribution is 5.95. The van der Waals surface area contributed by atoms with Crippen LogP contribution in [-0.2, 0) is 30.4 Å². The smallest absolute Gasteiger partial charge is 0.326 e. The average molecular weight is 546 g/mol. The molecule has 0 radical (unpaired) electrons. The van der Waals surface area contributed by atoms with Gasteiger partial charge in [0.1, 0.15) is 18.1 Å². The van der Waals surface area contributed by atoms with Gasteiger partial charge in [-0.05, 0) is 36.3 Å². The van der Waals surface area contributed by atoms with Crippen LogP contribution < -0.4 is 21.7 Å². The summed E-state index contributed by atoms with van der Waals surface area (Å²) in [4.78, 5) is 65.1. The van der Waals surface area contributed by atoms with Gasteiger partial charge >= 0.3 is 11.9 Å². The molecule has 1 aromatic heterocycles. The number of aliphatic carboxylic acids is 2. The van der Waals surface area contributed by atoms with Gasteiger partial charge < -0.3 is 36.9 Å². The van der Waals surface area contributed by atoms with E-state index in [4.69, 9.17) is 10.8 Å². The Hall–Kier alpha value is -3.93. The number of rotatable bonds is 15. The Morgan fingerprint density at radius 3 is 1.95 bits per heavy atom. The van der Waals surface area contributed by atoms with Gasteiger partial charge in [0.15, 0.2) is 0 Å². The summed E-state index contributed by atoms with van der Waals surface area (Å²) in [6.45, 7) is 7.34. The third kappa shape index (κ3) is 9.71. The summed E-state index contributed by atoms with van der Waals surface area (Å²) in [6.07, 6.45) is 1.56. The zero-order valence-corrected chi connectivity index (χ0v) is 22.7. The monoisotopic (exact) mass is 545 g/mol. The first-order chi connectivity index (χ1) is 18.3. The fourth-order valence-electron chi connectivity index (χ4n) is 4.23. The van der Waals surface area contributed by atoms with Gasteiger partial charge in [-0.25, -0.2) is 4.79 Å². The van der Waals surface area contributed by atoms with E-state index in [1.807, 2.05) is 52.0 Å². The molecule has 12 heteroatoms. The first-order valence-electron chi connectivity index (χ1n) is 12.9. The standard InChI is InChI=1S/C27H39N5O7/c1-14(2)9-20(30-24(35)18(28)12-23(33)34)25(36)31-21(26(37)32-22(27(38)39)10-15(3)4)11-16-13-29-19-8-6-5-7-17(16)19/h5-8,13-15,18,20-22,29H,9-12,28H2,1-4H3,(H,30,35)(H,31,36)(H,32,37)(H,33,34)(H,38,39). The molecular formula is C27H39N5O7. The summed E-state index contributed by atoms with van der Waals surface area (Å²) in [6, 6.07) is 2.65. The quantitative estimate of drug-likeness (QED) is 0.172. The number of nitrogens with one attached hydrogen (secondary N) is 4. The fraction of sp³-hybridized carbons (Fsp3) is 0.519. The molecule has 39 heavy (non-hydrogen) atoms. The second kappa shape index (κ2) is 14.3. The van der Waals surface area contributed by atoms with E-state index in [1.165, 1.54) is 0 Å². The zero-order chi connectivity index (χ0) is 29.3. The highest BCUT2D eigenvalue weighted by Gasteiger charge is 2.31. The number of aromatic amines is 1. The van der Waals surface area contributed by atoms with Gasteiger partial charge in [0, 0.05) is 23.5 Å². The number of benzene rings is 1. The van der Waals surface area contributed by atoms with Crippen LogP contribution in [0, 0.1) is 11.8 Å². The number of H-pyrrole nitrogens is 1. The van der Waals surface area contributed by atoms with Crippen molar-refractivity contribution in [3.63, 3.8) is 0 Å². The molecule has 0 spiro atoms. The summed E-state index contributed by atoms with van der Waals surface area (Å²) in [5, 5.41) is 27.1. The molecule has 0 saturated heterocycles. The van der Waals surface area contributed by atoms with E-state index < -0.39 is 60.2 Å². The molecule has 3 amide bonds. The fourth-order valence-corrected chi connectivity index (χ4v) is 4.23. The number of aromatic nitrogens is 1. The Bertz CT molecular complexity index is 1180. The van der Waals surface area contributed by atoms with E-state index in [-0.39, 0.29) is 31.1 Å². The van der Waals surface area contributed by atoms with E-state index in [2.05, 4.69) is 20.9 Å². The lowest BCUT2D eigenvalue weighted by atomic mass is 9.99. The Labute approximate surface area is 227 Å². The number of carbonyl (C=O) groups excluding carboxylic acids is 3. The molecule has 4 unspecified atom stereocenters. The lowest BCUT2D eigenvalue weighted by molar-refractivity contribution is -0.142. The van der Waals surface area contributed by atoms with Crippen LogP contribution in [0.3, 0.4) is 0 Å². The number of para-hydroxylation sites is 1. The van der Waals surface area contributed by atoms with Gasteiger partial charge in [-0.15, -0.1) is 0 Å². The number of fused-ring (bicyclic) bond motifs is 1. The van der Waals surface area contributed by atoms with E-state index in [1.54, 1.807) is 6.20 Å². The van der Waals surface area contributed by atoms with Crippen LogP contribution in [0.4, 0.5) is 0 Å². The lowest BCUT2D eigenvalue weighted by Crippen LogP contribution is -2.58. The third-order valence-corrected chi connectivity index (χ3v) is 6.13. The van der Waals surface area contributed by atoms with Crippen molar-refractivity contribution in [3.05, 3.63) is 36.0 Å². The molecule has 0 aliphatic carbocycles. The minimum absolute atomic E-state index is 0.00583. The maximum absolute atomic E-state index is 13.4. The van der Waals surface area contributed by atoms with Crippen molar-refractivity contribution < 1.29 is 34.2 Å². The molecule has 1 aromatic carbocycles. The predicted molar refractivity (Wildman–Crippen MR) is 145 cm³/mol. The largest absolute Gasteiger partial charge is 0.481 e. The van der Waals surface area contributed by atoms with Gasteiger partial charge in [-0.1, -0.05) is 45.9 Å². The summed E-state index contributed by atoms with van der Waals surface area (Å²) in [5.74, 6) is -4.65. The summed E-state index contributed by atoms with van der Waals surface area (Å²) in [5.41, 5.74) is 7.23. The van der Waals surface area contributed by atoms with Crippen molar-refractivity contribution in [2.75, 3.05) is 0 Å². The summed E-state index contributed by atoms with van der Waals surface area (Å²) in [7, 11) is 0. The summed E-state index contributed by atoms with van der Waals surface area (Å²) < 4.78 is 0. The van der Waals surface area contributed by atoms with E-state index >= 15 is 0 Å². The molecule has 214 valence electrons. The first-order valence-corrected chi connectivity index (χ1v) is 12.9. The van der Waals surface area contributed by atoms with Crippen molar-refractivity contribution in [2.24, 2.45) is 17.6 Å². The second-order valence-electron chi connectivity index (χ2n) is 10.5. The van der Waals surface area contributed by atoms with Crippen molar-refractivity contribution in [1.82, 2.24) is 20.9 Å². The summed E-state index contributed by atoms with van der Waals surface area (Å²) >= 11 is 0. The van der Waals surface area contributed by atoms with Crippen molar-refractivity contribution >= 4 is 40.6 Å². The molecule has 0 aliphatic heterocycles. The SMILES string of the molecule is CC(C)CC(NC(=O)C(Cc1c[nH]c2ccccc12)NC(=O)C(CC(C)C)NC(=O)C(N)CC(=O)O)C(=O)O. The van der Waals surface area contributed by atoms with Crippen molar-refractivity contribution in [2.45, 2.75) is 77.5 Å². The van der Waals surface area contributed by atoms with E-state index in [0.717, 1.165) is 16.5 Å². The maximum atomic E-state index is 13.4. The average Bonchev–Trinajstić information content (AvgIpc) is 3.24. The molecule has 0 fully saturated rings. The Balaban J connectivity index is 2.32. The molecule has 2 aromatic rings. The highest BCUT2D eigenvalue weighted by atomic mass is 16.4. The van der Waals surface area contributed by atoms with E-state index in [0.29, 0.717) is 0 Å². The van der Waals surface area contributed by atoms with Gasteiger partial charge in [-0.3, -0.25) is 19.2 Å². The van der Waals surface area contributed by atoms with Crippen LogP contribution in [0.5, 0.6) is 0 Å². The van der Waals surface area contributed by atoms with Crippen molar-refractivity contribution in [1.29, 1.82) is 0 Å². The number of nitrogens with two attached hydrogens (primary N) is 1. The van der Waals surface area contributed by atoms with Gasteiger partial charge in [0.2, 0.25) is 17.7 Å². The van der Waals surface area contributed by atoms with Crippen LogP contribution in [0.2, 0.25) is 0 Å². The number of carboxylic acids is 2. The van der Waals surface area contributed by atoms with E-state index in [9.17, 15) is 29.1 Å². The molecule has 4 atom stereocenters. The maximum Gasteiger partial charge on any atom is 0.326 e. The molecule has 12 nitrogen and oxygen atoms in total. The molecule has 2 rings (SSSR count). The molecule has 0 bridgehead atoms. The van der Waals surface area contributed by atoms with Gasteiger partial charge in [0.05, 0.1) is 12.5 Å². The van der Waals surface area contributed by atoms with Crippen LogP contribution in [0.25, 0.3) is 10.9 Å². The van der Waals surface area contributed by atoms with Crippen LogP contribution in [-0.4, -0.2) is 69.0 Å². The minimum atomic E-state index is -1.36. The number of carbonyl (C=O) groups is 5. The Kier molecular flexibility index (Phi) is 11.5. The normalized spacial score (nSPS) is 14.4. The van der Waals surface area contributed by atoms with Crippen LogP contribution in [0.1, 0.15) is 52.5 Å². The zero-order valence-electron chi connectivity index (χ0n) is 22.7. The van der Waals surface area contributed by atoms with Crippen LogP contribution in [0.15, 0.2) is 30.5 Å². The predicted octanol–water partition coefficient (Wildman–Crippen LogP) is 1.14. The lowest BCUT2D eigenvalue weighted by Gasteiger charge is -2.26. The molecule has 0 aliphatic rings. The molecule has 0 saturated carbocycles. The van der Waals surface area contributed by atoms with Crippen molar-refractivity contribution in [3.8, 4) is 0 Å². The number of hydrogen-bond acceptors (Lipinski definition) is 6. The minimum Gasteiger partial charge on any atom is -0.481 e. The second-order valence-corrected chi connectivity index (χ2v) is 10.5.